The van der Waals surface area contributed by atoms with E-state index in [1.807, 2.05) is 27.9 Å². The van der Waals surface area contributed by atoms with E-state index in [1.54, 1.807) is 6.20 Å². The van der Waals surface area contributed by atoms with Gasteiger partial charge >= 0.3 is 0 Å². The zero-order valence-electron chi connectivity index (χ0n) is 13.4. The zero-order chi connectivity index (χ0) is 15.7. The summed E-state index contributed by atoms with van der Waals surface area (Å²) in [5.74, 6) is 0.100. The Morgan fingerprint density at radius 3 is 2.55 bits per heavy atom. The van der Waals surface area contributed by atoms with Crippen LogP contribution in [0.4, 0.5) is 0 Å². The van der Waals surface area contributed by atoms with Crippen LogP contribution in [0, 0.1) is 0 Å². The molecule has 5 nitrogen and oxygen atoms in total. The fourth-order valence-corrected chi connectivity index (χ4v) is 2.85. The predicted octanol–water partition coefficient (Wildman–Crippen LogP) is 2.66. The molecule has 1 atom stereocenters. The maximum atomic E-state index is 12.6. The van der Waals surface area contributed by atoms with E-state index in [-0.39, 0.29) is 17.4 Å². The smallest absolute Gasteiger partial charge is 0.253 e. The van der Waals surface area contributed by atoms with Crippen LogP contribution < -0.4 is 0 Å². The number of rotatable bonds is 2. The average Bonchev–Trinajstić information content (AvgIpc) is 3.16. The molecule has 5 heteroatoms. The second-order valence-electron chi connectivity index (χ2n) is 6.90. The van der Waals surface area contributed by atoms with E-state index in [0.717, 1.165) is 18.5 Å². The van der Waals surface area contributed by atoms with Crippen molar-refractivity contribution in [2.75, 3.05) is 13.1 Å². The third-order valence-electron chi connectivity index (χ3n) is 4.26. The van der Waals surface area contributed by atoms with E-state index < -0.39 is 0 Å². The number of likely N-dealkylation sites (tertiary alicyclic amines) is 1. The molecule has 22 heavy (non-hydrogen) atoms. The molecule has 1 fully saturated rings. The first-order chi connectivity index (χ1) is 10.4. The van der Waals surface area contributed by atoms with Gasteiger partial charge in [-0.25, -0.2) is 4.68 Å². The van der Waals surface area contributed by atoms with Gasteiger partial charge < -0.3 is 4.90 Å². The molecule has 1 aliphatic rings. The average molecular weight is 298 g/mol. The number of hydrogen-bond acceptors (Lipinski definition) is 3. The van der Waals surface area contributed by atoms with Crippen LogP contribution in [0.25, 0.3) is 0 Å². The monoisotopic (exact) mass is 298 g/mol. The van der Waals surface area contributed by atoms with Crippen molar-refractivity contribution in [2.24, 2.45) is 0 Å². The number of hydrogen-bond donors (Lipinski definition) is 0. The Morgan fingerprint density at radius 2 is 1.95 bits per heavy atom. The van der Waals surface area contributed by atoms with E-state index in [2.05, 4.69) is 43.2 Å². The van der Waals surface area contributed by atoms with E-state index in [0.29, 0.717) is 6.54 Å². The Kier molecular flexibility index (Phi) is 3.72. The highest BCUT2D eigenvalue weighted by atomic mass is 16.2. The Hall–Kier alpha value is -2.17. The molecule has 0 bridgehead atoms. The van der Waals surface area contributed by atoms with Crippen LogP contribution >= 0.6 is 0 Å². The Morgan fingerprint density at radius 1 is 1.23 bits per heavy atom. The van der Waals surface area contributed by atoms with Gasteiger partial charge in [-0.05, 0) is 29.5 Å². The predicted molar refractivity (Wildman–Crippen MR) is 84.7 cm³/mol. The Balaban J connectivity index is 1.70. The summed E-state index contributed by atoms with van der Waals surface area (Å²) in [6, 6.07) is 8.22. The molecule has 3 rings (SSSR count). The van der Waals surface area contributed by atoms with Gasteiger partial charge in [-0.1, -0.05) is 38.1 Å². The van der Waals surface area contributed by atoms with Crippen molar-refractivity contribution in [3.63, 3.8) is 0 Å². The van der Waals surface area contributed by atoms with Gasteiger partial charge in [-0.3, -0.25) is 4.79 Å². The van der Waals surface area contributed by atoms with Crippen LogP contribution in [0.2, 0.25) is 0 Å². The van der Waals surface area contributed by atoms with Crippen LogP contribution in [-0.4, -0.2) is 38.9 Å². The van der Waals surface area contributed by atoms with Crippen molar-refractivity contribution in [1.82, 2.24) is 19.9 Å². The molecule has 1 aliphatic heterocycles. The molecule has 2 aromatic rings. The first-order valence-electron chi connectivity index (χ1n) is 7.71. The van der Waals surface area contributed by atoms with Crippen LogP contribution in [0.1, 0.15) is 49.2 Å². The second kappa shape index (κ2) is 5.55. The van der Waals surface area contributed by atoms with Crippen LogP contribution in [0.3, 0.4) is 0 Å². The highest BCUT2D eigenvalue weighted by Gasteiger charge is 2.28. The zero-order valence-corrected chi connectivity index (χ0v) is 13.4. The third kappa shape index (κ3) is 2.89. The Labute approximate surface area is 130 Å². The number of benzene rings is 1. The minimum Gasteiger partial charge on any atom is -0.336 e. The fourth-order valence-electron chi connectivity index (χ4n) is 2.85. The number of aromatic nitrogens is 3. The molecule has 0 radical (unpaired) electrons. The lowest BCUT2D eigenvalue weighted by Gasteiger charge is -2.20. The van der Waals surface area contributed by atoms with Crippen LogP contribution in [0.5, 0.6) is 0 Å². The van der Waals surface area contributed by atoms with E-state index >= 15 is 0 Å². The molecular weight excluding hydrogens is 276 g/mol. The summed E-state index contributed by atoms with van der Waals surface area (Å²) in [7, 11) is 0. The molecular formula is C17H22N4O. The molecule has 0 aliphatic carbocycles. The summed E-state index contributed by atoms with van der Waals surface area (Å²) in [5.41, 5.74) is 2.10. The molecule has 1 aromatic heterocycles. The summed E-state index contributed by atoms with van der Waals surface area (Å²) in [5, 5.41) is 7.87. The van der Waals surface area contributed by atoms with E-state index in [1.165, 1.54) is 5.56 Å². The highest BCUT2D eigenvalue weighted by Crippen LogP contribution is 2.25. The topological polar surface area (TPSA) is 51.0 Å². The largest absolute Gasteiger partial charge is 0.336 e. The van der Waals surface area contributed by atoms with Crippen molar-refractivity contribution in [1.29, 1.82) is 0 Å². The number of carbonyl (C=O) groups is 1. The van der Waals surface area contributed by atoms with Gasteiger partial charge in [0.05, 0.1) is 12.2 Å². The summed E-state index contributed by atoms with van der Waals surface area (Å²) >= 11 is 0. The van der Waals surface area contributed by atoms with E-state index in [9.17, 15) is 4.79 Å². The van der Waals surface area contributed by atoms with Gasteiger partial charge in [0, 0.05) is 24.8 Å². The van der Waals surface area contributed by atoms with Crippen molar-refractivity contribution in [2.45, 2.75) is 38.6 Å². The lowest BCUT2D eigenvalue weighted by Crippen LogP contribution is -2.29. The van der Waals surface area contributed by atoms with Gasteiger partial charge in [-0.2, -0.15) is 0 Å². The van der Waals surface area contributed by atoms with Crippen LogP contribution in [-0.2, 0) is 5.41 Å². The van der Waals surface area contributed by atoms with Crippen molar-refractivity contribution in [3.05, 3.63) is 47.8 Å². The molecule has 0 saturated carbocycles. The first kappa shape index (κ1) is 14.8. The van der Waals surface area contributed by atoms with Crippen molar-refractivity contribution in [3.8, 4) is 0 Å². The highest BCUT2D eigenvalue weighted by molar-refractivity contribution is 5.94. The lowest BCUT2D eigenvalue weighted by atomic mass is 9.86. The van der Waals surface area contributed by atoms with E-state index in [4.69, 9.17) is 0 Å². The van der Waals surface area contributed by atoms with Gasteiger partial charge in [0.25, 0.3) is 5.91 Å². The Bertz CT molecular complexity index is 640. The minimum atomic E-state index is 0.100. The van der Waals surface area contributed by atoms with Crippen molar-refractivity contribution >= 4 is 5.91 Å². The normalized spacial score (nSPS) is 18.7. The van der Waals surface area contributed by atoms with Gasteiger partial charge in [0.2, 0.25) is 0 Å². The first-order valence-corrected chi connectivity index (χ1v) is 7.71. The number of carbonyl (C=O) groups excluding carboxylic acids is 1. The number of nitrogens with zero attached hydrogens (tertiary/aromatic N) is 4. The van der Waals surface area contributed by atoms with Gasteiger partial charge in [-0.15, -0.1) is 5.10 Å². The summed E-state index contributed by atoms with van der Waals surface area (Å²) in [6.07, 6.45) is 4.46. The third-order valence-corrected chi connectivity index (χ3v) is 4.26. The number of amides is 1. The van der Waals surface area contributed by atoms with Gasteiger partial charge in [0.1, 0.15) is 0 Å². The molecule has 0 spiro atoms. The van der Waals surface area contributed by atoms with Gasteiger partial charge in [0.15, 0.2) is 0 Å². The fraction of sp³-hybridized carbons (Fsp3) is 0.471. The SMILES string of the molecule is CC(C)(C)c1ccc(C(=O)N2CCC(n3ccnn3)C2)cc1. The molecule has 1 amide bonds. The summed E-state index contributed by atoms with van der Waals surface area (Å²) in [6.45, 7) is 7.99. The quantitative estimate of drug-likeness (QED) is 0.856. The maximum absolute atomic E-state index is 12.6. The minimum absolute atomic E-state index is 0.100. The molecule has 116 valence electrons. The second-order valence-corrected chi connectivity index (χ2v) is 6.90. The lowest BCUT2D eigenvalue weighted by molar-refractivity contribution is 0.0787. The molecule has 1 saturated heterocycles. The summed E-state index contributed by atoms with van der Waals surface area (Å²) < 4.78 is 1.84. The maximum Gasteiger partial charge on any atom is 0.253 e. The van der Waals surface area contributed by atoms with Crippen LogP contribution in [0.15, 0.2) is 36.7 Å². The standard InChI is InChI=1S/C17H22N4O/c1-17(2,3)14-6-4-13(5-7-14)16(22)20-10-8-15(12-20)21-11-9-18-19-21/h4-7,9,11,15H,8,10,12H2,1-3H3. The van der Waals surface area contributed by atoms with Crippen molar-refractivity contribution < 1.29 is 4.79 Å². The molecule has 1 unspecified atom stereocenters. The summed E-state index contributed by atoms with van der Waals surface area (Å²) in [4.78, 5) is 14.5. The molecule has 0 N–H and O–H groups in total. The molecule has 1 aromatic carbocycles. The molecule has 2 heterocycles.